The number of rotatable bonds is 4. The number of ketones is 1. The Morgan fingerprint density at radius 3 is 2.12 bits per heavy atom. The molecule has 5 rings (SSSR count). The number of ether oxygens (including phenoxy) is 3. The van der Waals surface area contributed by atoms with Gasteiger partial charge in [0.2, 0.25) is 0 Å². The monoisotopic (exact) mass is 447 g/mol. The summed E-state index contributed by atoms with van der Waals surface area (Å²) in [5, 5.41) is 0. The number of para-hydroxylation sites is 2. The quantitative estimate of drug-likeness (QED) is 0.408. The lowest BCUT2D eigenvalue weighted by Crippen LogP contribution is -2.23. The highest BCUT2D eigenvalue weighted by Gasteiger charge is 2.64. The van der Waals surface area contributed by atoms with Crippen molar-refractivity contribution in [3.8, 4) is 11.5 Å². The largest absolute Gasteiger partial charge is 0.496 e. The number of hydrogen-bond donors (Lipinski definition) is 0. The molecule has 1 heterocycles. The summed E-state index contributed by atoms with van der Waals surface area (Å²) in [5.41, 5.74) is 2.30. The Balaban J connectivity index is 0.000000160. The van der Waals surface area contributed by atoms with Crippen LogP contribution in [0.25, 0.3) is 4.85 Å². The van der Waals surface area contributed by atoms with Crippen molar-refractivity contribution >= 4 is 5.78 Å². The van der Waals surface area contributed by atoms with Crippen molar-refractivity contribution in [2.45, 2.75) is 75.0 Å². The molecule has 3 aliphatic rings. The van der Waals surface area contributed by atoms with Crippen LogP contribution >= 0.6 is 0 Å². The van der Waals surface area contributed by atoms with Gasteiger partial charge in [-0.3, -0.25) is 14.4 Å². The van der Waals surface area contributed by atoms with E-state index in [1.807, 2.05) is 30.3 Å². The van der Waals surface area contributed by atoms with Gasteiger partial charge in [-0.2, -0.15) is 0 Å². The van der Waals surface area contributed by atoms with E-state index in [-0.39, 0.29) is 11.8 Å². The molecule has 4 atom stereocenters. The summed E-state index contributed by atoms with van der Waals surface area (Å²) >= 11 is 0. The summed E-state index contributed by atoms with van der Waals surface area (Å²) in [6.45, 7) is 7.11. The SMILES string of the molecule is COc1ccccc1C1CCCC(=O)C1.[C-]#[N+]C1OC12CCCC(c1ccccc1OC)C2. The molecular formula is C28H33NO4. The summed E-state index contributed by atoms with van der Waals surface area (Å²) in [4.78, 5) is 14.9. The van der Waals surface area contributed by atoms with Crippen molar-refractivity contribution in [1.29, 1.82) is 0 Å². The highest BCUT2D eigenvalue weighted by atomic mass is 16.6. The van der Waals surface area contributed by atoms with Crippen molar-refractivity contribution in [3.05, 3.63) is 71.1 Å². The molecule has 0 bridgehead atoms. The minimum Gasteiger partial charge on any atom is -0.496 e. The molecule has 2 aromatic rings. The fraction of sp³-hybridized carbons (Fsp3) is 0.500. The third kappa shape index (κ3) is 5.23. The van der Waals surface area contributed by atoms with Gasteiger partial charge in [0.05, 0.1) is 14.2 Å². The van der Waals surface area contributed by atoms with Gasteiger partial charge in [0, 0.05) is 12.8 Å². The molecule has 2 aliphatic carbocycles. The smallest absolute Gasteiger partial charge is 0.357 e. The third-order valence-electron chi connectivity index (χ3n) is 7.24. The number of nitrogens with zero attached hydrogens (tertiary/aromatic N) is 1. The van der Waals surface area contributed by atoms with Crippen LogP contribution in [-0.4, -0.2) is 31.8 Å². The van der Waals surface area contributed by atoms with Crippen LogP contribution in [-0.2, 0) is 9.53 Å². The van der Waals surface area contributed by atoms with E-state index in [9.17, 15) is 4.79 Å². The van der Waals surface area contributed by atoms with Crippen molar-refractivity contribution < 1.29 is 19.0 Å². The normalized spacial score (nSPS) is 28.3. The van der Waals surface area contributed by atoms with Crippen LogP contribution < -0.4 is 9.47 Å². The zero-order valence-corrected chi connectivity index (χ0v) is 19.6. The molecule has 1 aliphatic heterocycles. The lowest BCUT2D eigenvalue weighted by atomic mass is 9.77. The van der Waals surface area contributed by atoms with Gasteiger partial charge in [-0.15, -0.1) is 0 Å². The van der Waals surface area contributed by atoms with E-state index >= 15 is 0 Å². The molecule has 1 saturated heterocycles. The Labute approximate surface area is 196 Å². The first-order valence-corrected chi connectivity index (χ1v) is 11.9. The zero-order chi connectivity index (χ0) is 23.3. The fourth-order valence-corrected chi connectivity index (χ4v) is 5.50. The van der Waals surface area contributed by atoms with Crippen molar-refractivity contribution in [2.24, 2.45) is 0 Å². The number of methoxy groups -OCH3 is 2. The Kier molecular flexibility index (Phi) is 7.35. The van der Waals surface area contributed by atoms with Crippen LogP contribution in [0.3, 0.4) is 0 Å². The molecule has 3 fully saturated rings. The van der Waals surface area contributed by atoms with E-state index < -0.39 is 0 Å². The van der Waals surface area contributed by atoms with Crippen LogP contribution in [0.4, 0.5) is 0 Å². The number of benzene rings is 2. The molecule has 0 aromatic heterocycles. The minimum atomic E-state index is -0.199. The van der Waals surface area contributed by atoms with Gasteiger partial charge < -0.3 is 9.47 Å². The van der Waals surface area contributed by atoms with Crippen LogP contribution in [0, 0.1) is 6.57 Å². The van der Waals surface area contributed by atoms with Gasteiger partial charge in [-0.1, -0.05) is 36.4 Å². The molecule has 0 N–H and O–H groups in total. The van der Waals surface area contributed by atoms with E-state index in [2.05, 4.69) is 23.0 Å². The average Bonchev–Trinajstić information content (AvgIpc) is 3.55. The number of Topliss-reactive ketones (excluding diaryl/α,β-unsaturated/α-hetero) is 1. The second kappa shape index (κ2) is 10.4. The minimum absolute atomic E-state index is 0.147. The predicted molar refractivity (Wildman–Crippen MR) is 128 cm³/mol. The third-order valence-corrected chi connectivity index (χ3v) is 7.24. The summed E-state index contributed by atoms with van der Waals surface area (Å²) in [7, 11) is 3.40. The lowest BCUT2D eigenvalue weighted by molar-refractivity contribution is -0.120. The number of hydrogen-bond acceptors (Lipinski definition) is 4. The highest BCUT2D eigenvalue weighted by Crippen LogP contribution is 2.53. The number of carbonyl (C=O) groups excluding carboxylic acids is 1. The summed E-state index contributed by atoms with van der Waals surface area (Å²) in [6, 6.07) is 16.2. The van der Waals surface area contributed by atoms with Gasteiger partial charge in [0.1, 0.15) is 17.3 Å². The van der Waals surface area contributed by atoms with Gasteiger partial charge in [0.15, 0.2) is 5.60 Å². The first-order valence-electron chi connectivity index (χ1n) is 11.9. The molecule has 174 valence electrons. The second-order valence-electron chi connectivity index (χ2n) is 9.27. The summed E-state index contributed by atoms with van der Waals surface area (Å²) in [5.74, 6) is 3.08. The maximum absolute atomic E-state index is 11.4. The Hall–Kier alpha value is -2.84. The predicted octanol–water partition coefficient (Wildman–Crippen LogP) is 6.29. The maximum Gasteiger partial charge on any atom is 0.357 e. The van der Waals surface area contributed by atoms with Gasteiger partial charge >= 0.3 is 6.23 Å². The maximum atomic E-state index is 11.4. The molecule has 2 aromatic carbocycles. The number of carbonyl (C=O) groups is 1. The first kappa shape index (κ1) is 23.3. The molecule has 1 spiro atoms. The Morgan fingerprint density at radius 2 is 1.55 bits per heavy atom. The molecule has 33 heavy (non-hydrogen) atoms. The number of epoxide rings is 1. The average molecular weight is 448 g/mol. The van der Waals surface area contributed by atoms with E-state index in [0.717, 1.165) is 56.4 Å². The van der Waals surface area contributed by atoms with E-state index in [4.69, 9.17) is 20.8 Å². The highest BCUT2D eigenvalue weighted by molar-refractivity contribution is 5.80. The van der Waals surface area contributed by atoms with Gasteiger partial charge in [-0.05, 0) is 73.6 Å². The van der Waals surface area contributed by atoms with Crippen molar-refractivity contribution in [2.75, 3.05) is 14.2 Å². The lowest BCUT2D eigenvalue weighted by Gasteiger charge is -2.26. The molecule has 0 amide bonds. The van der Waals surface area contributed by atoms with Crippen molar-refractivity contribution in [1.82, 2.24) is 0 Å². The second-order valence-corrected chi connectivity index (χ2v) is 9.27. The van der Waals surface area contributed by atoms with E-state index in [1.165, 1.54) is 11.1 Å². The molecule has 2 saturated carbocycles. The summed E-state index contributed by atoms with van der Waals surface area (Å²) < 4.78 is 16.4. The zero-order valence-electron chi connectivity index (χ0n) is 19.6. The fourth-order valence-electron chi connectivity index (χ4n) is 5.50. The van der Waals surface area contributed by atoms with Gasteiger partial charge in [0.25, 0.3) is 0 Å². The molecule has 0 radical (unpaired) electrons. The molecular weight excluding hydrogens is 414 g/mol. The molecule has 4 unspecified atom stereocenters. The van der Waals surface area contributed by atoms with Crippen LogP contribution in [0.5, 0.6) is 11.5 Å². The van der Waals surface area contributed by atoms with Crippen molar-refractivity contribution in [3.63, 3.8) is 0 Å². The van der Waals surface area contributed by atoms with Crippen LogP contribution in [0.2, 0.25) is 0 Å². The van der Waals surface area contributed by atoms with Crippen LogP contribution in [0.15, 0.2) is 48.5 Å². The Morgan fingerprint density at radius 1 is 0.939 bits per heavy atom. The van der Waals surface area contributed by atoms with Gasteiger partial charge in [-0.25, -0.2) is 6.57 Å². The van der Waals surface area contributed by atoms with Crippen LogP contribution in [0.1, 0.15) is 74.3 Å². The standard InChI is InChI=1S/C15H17NO2.C13H16O2/c1-16-14-15(18-14)9-5-6-11(10-15)12-7-3-4-8-13(12)17-2;1-15-13-8-3-2-7-12(13)10-5-4-6-11(14)9-10/h3-4,7-8,11,14H,5-6,9-10H2,2H3;2-3,7-8,10H,4-6,9H2,1H3. The van der Waals surface area contributed by atoms with E-state index in [0.29, 0.717) is 24.0 Å². The van der Waals surface area contributed by atoms with E-state index in [1.54, 1.807) is 14.2 Å². The summed E-state index contributed by atoms with van der Waals surface area (Å²) in [6.07, 6.45) is 7.64. The molecule has 5 heteroatoms. The topological polar surface area (TPSA) is 52.4 Å². The molecule has 5 nitrogen and oxygen atoms in total. The Bertz CT molecular complexity index is 1010. The first-order chi connectivity index (χ1) is 16.1.